The van der Waals surface area contributed by atoms with E-state index in [9.17, 15) is 0 Å². The van der Waals surface area contributed by atoms with Crippen LogP contribution in [0.2, 0.25) is 0 Å². The molecule has 0 amide bonds. The van der Waals surface area contributed by atoms with Gasteiger partial charge in [-0.2, -0.15) is 0 Å². The number of nitrogens with zero attached hydrogens (tertiary/aromatic N) is 3. The van der Waals surface area contributed by atoms with E-state index in [0.29, 0.717) is 0 Å². The molecule has 166 valence electrons. The van der Waals surface area contributed by atoms with Crippen LogP contribution in [0.5, 0.6) is 0 Å². The summed E-state index contributed by atoms with van der Waals surface area (Å²) in [5.74, 6) is 0.816. The maximum atomic E-state index is 5.51. The normalized spacial score (nSPS) is 18.2. The summed E-state index contributed by atoms with van der Waals surface area (Å²) in [4.78, 5) is 9.35. The maximum absolute atomic E-state index is 5.51. The zero-order valence-electron chi connectivity index (χ0n) is 18.8. The van der Waals surface area contributed by atoms with E-state index < -0.39 is 0 Å². The topological polar surface area (TPSA) is 52.1 Å². The largest absolute Gasteiger partial charge is 0.378 e. The predicted molar refractivity (Wildman–Crippen MR) is 129 cm³/mol. The minimum absolute atomic E-state index is 0.170. The summed E-state index contributed by atoms with van der Waals surface area (Å²) in [6.45, 7) is 8.71. The van der Waals surface area contributed by atoms with Crippen molar-refractivity contribution in [2.75, 3.05) is 56.2 Å². The molecule has 2 fully saturated rings. The Morgan fingerprint density at radius 2 is 1.77 bits per heavy atom. The molecule has 2 aromatic rings. The Morgan fingerprint density at radius 1 is 1.00 bits per heavy atom. The second kappa shape index (κ2) is 10.5. The fourth-order valence-corrected chi connectivity index (χ4v) is 4.40. The monoisotopic (exact) mass is 421 g/mol. The lowest BCUT2D eigenvalue weighted by Crippen LogP contribution is -2.39. The van der Waals surface area contributed by atoms with Crippen LogP contribution in [-0.4, -0.2) is 52.4 Å². The minimum atomic E-state index is 0.170. The minimum Gasteiger partial charge on any atom is -0.378 e. The Hall–Kier alpha value is -2.73. The standard InChI is InChI=1S/C25H35N5O/c1-20(21-9-7-10-23(18-21)29-12-5-6-13-29)28-25(26-2)27-19-22-8-3-4-11-24(22)30-14-16-31-17-15-30/h3-4,7-11,18,20H,5-6,12-17,19H2,1-2H3,(H2,26,27,28). The molecule has 2 saturated heterocycles. The van der Waals surface area contributed by atoms with Gasteiger partial charge in [0.2, 0.25) is 0 Å². The van der Waals surface area contributed by atoms with Crippen LogP contribution in [0.25, 0.3) is 0 Å². The van der Waals surface area contributed by atoms with Crippen molar-refractivity contribution in [3.63, 3.8) is 0 Å². The van der Waals surface area contributed by atoms with E-state index in [-0.39, 0.29) is 6.04 Å². The predicted octanol–water partition coefficient (Wildman–Crippen LogP) is 3.55. The van der Waals surface area contributed by atoms with Crippen LogP contribution in [0.15, 0.2) is 53.5 Å². The number of nitrogens with one attached hydrogen (secondary N) is 2. The molecule has 31 heavy (non-hydrogen) atoms. The number of anilines is 2. The van der Waals surface area contributed by atoms with Crippen LogP contribution in [0.1, 0.15) is 36.9 Å². The van der Waals surface area contributed by atoms with Crippen LogP contribution in [0.4, 0.5) is 11.4 Å². The van der Waals surface area contributed by atoms with Gasteiger partial charge in [-0.3, -0.25) is 4.99 Å². The Labute approximate surface area is 186 Å². The molecule has 0 aromatic heterocycles. The number of hydrogen-bond acceptors (Lipinski definition) is 4. The third kappa shape index (κ3) is 5.50. The molecule has 1 atom stereocenters. The molecule has 4 rings (SSSR count). The first kappa shape index (κ1) is 21.5. The van der Waals surface area contributed by atoms with Gasteiger partial charge in [-0.25, -0.2) is 0 Å². The Kier molecular flexibility index (Phi) is 7.30. The molecule has 2 aliphatic rings. The third-order valence-corrected chi connectivity index (χ3v) is 6.21. The van der Waals surface area contributed by atoms with Gasteiger partial charge >= 0.3 is 0 Å². The number of morpholine rings is 1. The van der Waals surface area contributed by atoms with E-state index >= 15 is 0 Å². The average molecular weight is 422 g/mol. The fourth-order valence-electron chi connectivity index (χ4n) is 4.40. The molecular weight excluding hydrogens is 386 g/mol. The second-order valence-electron chi connectivity index (χ2n) is 8.31. The highest BCUT2D eigenvalue weighted by atomic mass is 16.5. The van der Waals surface area contributed by atoms with Crippen LogP contribution < -0.4 is 20.4 Å². The number of aliphatic imine (C=N–C) groups is 1. The van der Waals surface area contributed by atoms with Crippen molar-refractivity contribution in [2.24, 2.45) is 4.99 Å². The molecule has 0 bridgehead atoms. The summed E-state index contributed by atoms with van der Waals surface area (Å²) in [5.41, 5.74) is 5.16. The number of hydrogen-bond donors (Lipinski definition) is 2. The zero-order chi connectivity index (χ0) is 21.5. The molecule has 1 unspecified atom stereocenters. The molecule has 2 heterocycles. The molecule has 2 aromatic carbocycles. The molecule has 6 nitrogen and oxygen atoms in total. The highest BCUT2D eigenvalue weighted by Gasteiger charge is 2.16. The molecule has 0 radical (unpaired) electrons. The lowest BCUT2D eigenvalue weighted by atomic mass is 10.1. The van der Waals surface area contributed by atoms with E-state index in [0.717, 1.165) is 51.9 Å². The number of rotatable bonds is 6. The first-order valence-electron chi connectivity index (χ1n) is 11.5. The van der Waals surface area contributed by atoms with Crippen molar-refractivity contribution in [3.05, 3.63) is 59.7 Å². The van der Waals surface area contributed by atoms with Crippen molar-refractivity contribution in [1.82, 2.24) is 10.6 Å². The van der Waals surface area contributed by atoms with Crippen molar-refractivity contribution >= 4 is 17.3 Å². The fraction of sp³-hybridized carbons (Fsp3) is 0.480. The Bertz CT molecular complexity index is 872. The average Bonchev–Trinajstić information content (AvgIpc) is 3.37. The van der Waals surface area contributed by atoms with Crippen LogP contribution in [-0.2, 0) is 11.3 Å². The first-order valence-corrected chi connectivity index (χ1v) is 11.5. The van der Waals surface area contributed by atoms with Gasteiger partial charge in [0.25, 0.3) is 0 Å². The van der Waals surface area contributed by atoms with Crippen LogP contribution in [0, 0.1) is 0 Å². The van der Waals surface area contributed by atoms with E-state index in [2.05, 4.69) is 80.9 Å². The molecule has 0 aliphatic carbocycles. The van der Waals surface area contributed by atoms with Gasteiger partial charge < -0.3 is 25.2 Å². The van der Waals surface area contributed by atoms with Crippen molar-refractivity contribution in [3.8, 4) is 0 Å². The van der Waals surface area contributed by atoms with Gasteiger partial charge in [-0.05, 0) is 49.1 Å². The smallest absolute Gasteiger partial charge is 0.191 e. The zero-order valence-corrected chi connectivity index (χ0v) is 18.8. The quantitative estimate of drug-likeness (QED) is 0.552. The molecular formula is C25H35N5O. The van der Waals surface area contributed by atoms with Crippen LogP contribution >= 0.6 is 0 Å². The summed E-state index contributed by atoms with van der Waals surface area (Å²) in [7, 11) is 1.83. The van der Waals surface area contributed by atoms with Crippen molar-refractivity contribution in [2.45, 2.75) is 32.4 Å². The summed E-state index contributed by atoms with van der Waals surface area (Å²) in [5, 5.41) is 7.06. The number of guanidine groups is 1. The summed E-state index contributed by atoms with van der Waals surface area (Å²) in [6, 6.07) is 17.7. The molecule has 6 heteroatoms. The molecule has 0 spiro atoms. The highest BCUT2D eigenvalue weighted by Crippen LogP contribution is 2.24. The lowest BCUT2D eigenvalue weighted by molar-refractivity contribution is 0.122. The van der Waals surface area contributed by atoms with Gasteiger partial charge in [0.15, 0.2) is 5.96 Å². The van der Waals surface area contributed by atoms with E-state index in [1.165, 1.54) is 35.3 Å². The van der Waals surface area contributed by atoms with E-state index in [1.54, 1.807) is 0 Å². The van der Waals surface area contributed by atoms with E-state index in [1.807, 2.05) is 7.05 Å². The van der Waals surface area contributed by atoms with Crippen LogP contribution in [0.3, 0.4) is 0 Å². The third-order valence-electron chi connectivity index (χ3n) is 6.21. The van der Waals surface area contributed by atoms with Crippen molar-refractivity contribution < 1.29 is 4.74 Å². The molecule has 2 N–H and O–H groups in total. The number of benzene rings is 2. The Morgan fingerprint density at radius 3 is 2.55 bits per heavy atom. The lowest BCUT2D eigenvalue weighted by Gasteiger charge is -2.30. The summed E-state index contributed by atoms with van der Waals surface area (Å²) < 4.78 is 5.51. The van der Waals surface area contributed by atoms with Crippen molar-refractivity contribution in [1.29, 1.82) is 0 Å². The Balaban J connectivity index is 1.38. The molecule has 0 saturated carbocycles. The molecule has 2 aliphatic heterocycles. The van der Waals surface area contributed by atoms with Gasteiger partial charge in [0, 0.05) is 51.1 Å². The maximum Gasteiger partial charge on any atom is 0.191 e. The summed E-state index contributed by atoms with van der Waals surface area (Å²) >= 11 is 0. The van der Waals surface area contributed by atoms with Gasteiger partial charge in [0.1, 0.15) is 0 Å². The van der Waals surface area contributed by atoms with E-state index in [4.69, 9.17) is 4.74 Å². The number of para-hydroxylation sites is 1. The van der Waals surface area contributed by atoms with Gasteiger partial charge in [0.05, 0.1) is 19.3 Å². The van der Waals surface area contributed by atoms with Gasteiger partial charge in [-0.15, -0.1) is 0 Å². The van der Waals surface area contributed by atoms with Gasteiger partial charge in [-0.1, -0.05) is 30.3 Å². The second-order valence-corrected chi connectivity index (χ2v) is 8.31. The first-order chi connectivity index (χ1) is 15.2. The number of ether oxygens (including phenoxy) is 1. The highest BCUT2D eigenvalue weighted by molar-refractivity contribution is 5.80. The SMILES string of the molecule is CN=C(NCc1ccccc1N1CCOCC1)NC(C)c1cccc(N2CCCC2)c1. The summed E-state index contributed by atoms with van der Waals surface area (Å²) in [6.07, 6.45) is 2.58.